The van der Waals surface area contributed by atoms with E-state index in [1.54, 1.807) is 4.90 Å². The summed E-state index contributed by atoms with van der Waals surface area (Å²) in [5.74, 6) is 0.322. The van der Waals surface area contributed by atoms with Crippen LogP contribution in [-0.4, -0.2) is 47.2 Å². The minimum absolute atomic E-state index is 0.0169. The molecule has 0 bridgehead atoms. The minimum Gasteiger partial charge on any atom is -0.454 e. The van der Waals surface area contributed by atoms with Crippen LogP contribution in [0, 0.1) is 25.5 Å². The van der Waals surface area contributed by atoms with E-state index in [0.29, 0.717) is 25.4 Å². The van der Waals surface area contributed by atoms with Crippen LogP contribution in [0.25, 0.3) is 0 Å². The molecule has 1 atom stereocenters. The Morgan fingerprint density at radius 1 is 0.941 bits per heavy atom. The number of fused-ring (bicyclic) bond motifs is 2. The fraction of sp³-hybridized carbons (Fsp3) is 0.259. The van der Waals surface area contributed by atoms with Crippen LogP contribution in [-0.2, 0) is 0 Å². The lowest BCUT2D eigenvalue weighted by Crippen LogP contribution is -2.55. The zero-order valence-electron chi connectivity index (χ0n) is 19.3. The van der Waals surface area contributed by atoms with E-state index >= 15 is 0 Å². The summed E-state index contributed by atoms with van der Waals surface area (Å²) in [6.07, 6.45) is 0. The van der Waals surface area contributed by atoms with Gasteiger partial charge in [0.05, 0.1) is 5.56 Å². The lowest BCUT2D eigenvalue weighted by atomic mass is 10.1. The number of rotatable bonds is 1. The van der Waals surface area contributed by atoms with E-state index in [2.05, 4.69) is 11.0 Å². The summed E-state index contributed by atoms with van der Waals surface area (Å²) in [4.78, 5) is 21.8. The van der Waals surface area contributed by atoms with E-state index in [1.165, 1.54) is 0 Å². The maximum absolute atomic E-state index is 13.7. The number of amidine groups is 1. The van der Waals surface area contributed by atoms with Crippen molar-refractivity contribution in [1.29, 1.82) is 0 Å². The molecule has 0 spiro atoms. The Kier molecular flexibility index (Phi) is 5.55. The number of amides is 1. The monoisotopic (exact) mass is 461 g/mol. The molecule has 7 heteroatoms. The van der Waals surface area contributed by atoms with Crippen LogP contribution >= 0.6 is 0 Å². The van der Waals surface area contributed by atoms with Gasteiger partial charge in [0, 0.05) is 37.3 Å². The molecule has 0 saturated carbocycles. The van der Waals surface area contributed by atoms with E-state index in [1.807, 2.05) is 51.1 Å². The molecule has 1 amide bonds. The Morgan fingerprint density at radius 2 is 1.65 bits per heavy atom. The molecule has 2 aliphatic rings. The highest BCUT2D eigenvalue weighted by atomic mass is 19.1. The second kappa shape index (κ2) is 8.56. The lowest BCUT2D eigenvalue weighted by molar-refractivity contribution is 0.0580. The summed E-state index contributed by atoms with van der Waals surface area (Å²) >= 11 is 0. The number of hydrogen-bond acceptors (Lipinski definition) is 4. The van der Waals surface area contributed by atoms with Gasteiger partial charge < -0.3 is 14.5 Å². The molecule has 0 unspecified atom stereocenters. The van der Waals surface area contributed by atoms with Crippen LogP contribution < -0.4 is 4.74 Å². The normalized spacial score (nSPS) is 17.3. The molecular weight excluding hydrogens is 436 g/mol. The summed E-state index contributed by atoms with van der Waals surface area (Å²) in [6.45, 7) is 7.43. The highest BCUT2D eigenvalue weighted by Crippen LogP contribution is 2.39. The number of hydrogen-bond donors (Lipinski definition) is 0. The van der Waals surface area contributed by atoms with E-state index in [9.17, 15) is 13.6 Å². The van der Waals surface area contributed by atoms with Crippen molar-refractivity contribution >= 4 is 17.4 Å². The maximum atomic E-state index is 13.7. The third-order valence-electron chi connectivity index (χ3n) is 6.23. The quantitative estimate of drug-likeness (QED) is 0.473. The SMILES string of the molecule is Cc1ccc2c(c1)Oc1ccc(C)cc1C(N1CCN(C(=O)c3cc(F)cc(F)c3)[C@@H](C)C1)=N2. The lowest BCUT2D eigenvalue weighted by Gasteiger charge is -2.41. The molecule has 0 aliphatic carbocycles. The summed E-state index contributed by atoms with van der Waals surface area (Å²) in [5.41, 5.74) is 3.83. The Bertz CT molecular complexity index is 1300. The smallest absolute Gasteiger partial charge is 0.254 e. The Labute approximate surface area is 197 Å². The topological polar surface area (TPSA) is 45.1 Å². The average molecular weight is 462 g/mol. The van der Waals surface area contributed by atoms with Gasteiger partial charge in [0.1, 0.15) is 28.9 Å². The van der Waals surface area contributed by atoms with E-state index in [0.717, 1.165) is 52.2 Å². The van der Waals surface area contributed by atoms with Gasteiger partial charge in [-0.3, -0.25) is 4.79 Å². The first-order valence-corrected chi connectivity index (χ1v) is 11.3. The zero-order chi connectivity index (χ0) is 24.0. The number of piperazine rings is 1. The van der Waals surface area contributed by atoms with E-state index in [-0.39, 0.29) is 17.5 Å². The molecule has 5 nitrogen and oxygen atoms in total. The van der Waals surface area contributed by atoms with Crippen molar-refractivity contribution in [3.63, 3.8) is 0 Å². The van der Waals surface area contributed by atoms with Crippen LogP contribution in [0.2, 0.25) is 0 Å². The number of aliphatic imine (C=N–C) groups is 1. The predicted octanol–water partition coefficient (Wildman–Crippen LogP) is 5.61. The second-order valence-corrected chi connectivity index (χ2v) is 8.96. The number of nitrogens with zero attached hydrogens (tertiary/aromatic N) is 3. The highest BCUT2D eigenvalue weighted by molar-refractivity contribution is 6.04. The third-order valence-corrected chi connectivity index (χ3v) is 6.23. The van der Waals surface area contributed by atoms with Gasteiger partial charge in [-0.1, -0.05) is 17.7 Å². The van der Waals surface area contributed by atoms with Crippen LogP contribution in [0.15, 0.2) is 59.6 Å². The van der Waals surface area contributed by atoms with Crippen molar-refractivity contribution in [2.45, 2.75) is 26.8 Å². The largest absolute Gasteiger partial charge is 0.454 e. The second-order valence-electron chi connectivity index (χ2n) is 8.96. The Morgan fingerprint density at radius 3 is 2.38 bits per heavy atom. The summed E-state index contributed by atoms with van der Waals surface area (Å²) in [7, 11) is 0. The van der Waals surface area contributed by atoms with Crippen LogP contribution in [0.1, 0.15) is 34.0 Å². The average Bonchev–Trinajstić information content (AvgIpc) is 2.94. The van der Waals surface area contributed by atoms with Crippen LogP contribution in [0.3, 0.4) is 0 Å². The minimum atomic E-state index is -0.761. The molecule has 1 saturated heterocycles. The van der Waals surface area contributed by atoms with Gasteiger partial charge in [0.25, 0.3) is 5.91 Å². The molecule has 3 aromatic carbocycles. The van der Waals surface area contributed by atoms with Crippen molar-refractivity contribution in [2.24, 2.45) is 4.99 Å². The van der Waals surface area contributed by atoms with E-state index in [4.69, 9.17) is 9.73 Å². The van der Waals surface area contributed by atoms with Crippen molar-refractivity contribution in [1.82, 2.24) is 9.80 Å². The molecule has 2 aliphatic heterocycles. The van der Waals surface area contributed by atoms with Gasteiger partial charge in [0.15, 0.2) is 5.75 Å². The van der Waals surface area contributed by atoms with Crippen molar-refractivity contribution in [3.8, 4) is 11.5 Å². The predicted molar refractivity (Wildman–Crippen MR) is 127 cm³/mol. The van der Waals surface area contributed by atoms with Gasteiger partial charge in [-0.2, -0.15) is 0 Å². The standard InChI is InChI=1S/C27H25F2N3O2/c1-16-5-7-24-22(10-16)26(30-23-6-4-17(2)11-25(23)34-24)31-8-9-32(18(3)15-31)27(33)19-12-20(28)14-21(29)13-19/h4-7,10-14,18H,8-9,15H2,1-3H3/t18-/m0/s1. The molecule has 174 valence electrons. The Hall–Kier alpha value is -3.74. The first-order chi connectivity index (χ1) is 16.3. The summed E-state index contributed by atoms with van der Waals surface area (Å²) in [6, 6.07) is 14.7. The first kappa shape index (κ1) is 22.1. The number of ether oxygens (including phenoxy) is 1. The van der Waals surface area contributed by atoms with Crippen LogP contribution in [0.5, 0.6) is 11.5 Å². The van der Waals surface area contributed by atoms with Gasteiger partial charge in [-0.05, 0) is 62.7 Å². The van der Waals surface area contributed by atoms with Gasteiger partial charge in [0.2, 0.25) is 0 Å². The van der Waals surface area contributed by atoms with Crippen molar-refractivity contribution in [2.75, 3.05) is 19.6 Å². The first-order valence-electron chi connectivity index (χ1n) is 11.3. The summed E-state index contributed by atoms with van der Waals surface area (Å²) < 4.78 is 33.6. The number of carbonyl (C=O) groups excluding carboxylic acids is 1. The maximum Gasteiger partial charge on any atom is 0.254 e. The van der Waals surface area contributed by atoms with Gasteiger partial charge in [-0.15, -0.1) is 0 Å². The van der Waals surface area contributed by atoms with Crippen molar-refractivity contribution in [3.05, 3.63) is 88.5 Å². The third kappa shape index (κ3) is 4.14. The number of benzene rings is 3. The zero-order valence-corrected chi connectivity index (χ0v) is 19.3. The van der Waals surface area contributed by atoms with E-state index < -0.39 is 11.6 Å². The molecule has 1 fully saturated rings. The van der Waals surface area contributed by atoms with Gasteiger partial charge in [-0.25, -0.2) is 13.8 Å². The van der Waals surface area contributed by atoms with Crippen molar-refractivity contribution < 1.29 is 18.3 Å². The molecular formula is C27H25F2N3O2. The molecule has 5 rings (SSSR count). The molecule has 2 heterocycles. The molecule has 3 aromatic rings. The van der Waals surface area contributed by atoms with Gasteiger partial charge >= 0.3 is 0 Å². The fourth-order valence-electron chi connectivity index (χ4n) is 4.53. The molecule has 0 aromatic heterocycles. The number of aryl methyl sites for hydroxylation is 2. The number of carbonyl (C=O) groups is 1. The molecule has 0 N–H and O–H groups in total. The van der Waals surface area contributed by atoms with Crippen LogP contribution in [0.4, 0.5) is 14.5 Å². The summed E-state index contributed by atoms with van der Waals surface area (Å²) in [5, 5.41) is 0. The molecule has 34 heavy (non-hydrogen) atoms. The fourth-order valence-corrected chi connectivity index (χ4v) is 4.53. The highest BCUT2D eigenvalue weighted by Gasteiger charge is 2.32. The number of halogens is 2. The molecule has 0 radical (unpaired) electrons. The Balaban J connectivity index is 1.46.